The minimum atomic E-state index is -0.400. The van der Waals surface area contributed by atoms with Gasteiger partial charge in [-0.05, 0) is 61.7 Å². The summed E-state index contributed by atoms with van der Waals surface area (Å²) in [6, 6.07) is 16.5. The smallest absolute Gasteiger partial charge is 0.266 e. The molecule has 0 fully saturated rings. The van der Waals surface area contributed by atoms with E-state index >= 15 is 0 Å². The molecule has 7 heteroatoms. The molecule has 6 nitrogen and oxygen atoms in total. The number of hydrogen-bond donors (Lipinski definition) is 2. The van der Waals surface area contributed by atoms with Crippen LogP contribution >= 0.6 is 11.6 Å². The van der Waals surface area contributed by atoms with Crippen molar-refractivity contribution < 1.29 is 9.53 Å². The van der Waals surface area contributed by atoms with E-state index in [9.17, 15) is 9.59 Å². The zero-order chi connectivity index (χ0) is 22.4. The number of H-pyrrole nitrogens is 1. The molecule has 3 aromatic rings. The third-order valence-corrected chi connectivity index (χ3v) is 5.38. The molecular weight excluding hydrogens is 414 g/mol. The molecular formula is C24H22ClN3O3. The summed E-state index contributed by atoms with van der Waals surface area (Å²) in [6.45, 7) is 3.85. The second-order valence-electron chi connectivity index (χ2n) is 7.12. The maximum Gasteiger partial charge on any atom is 0.266 e. The number of nitrogens with one attached hydrogen (secondary N) is 2. The van der Waals surface area contributed by atoms with Crippen molar-refractivity contribution in [2.45, 2.75) is 33.3 Å². The van der Waals surface area contributed by atoms with Gasteiger partial charge in [-0.15, -0.1) is 0 Å². The van der Waals surface area contributed by atoms with Gasteiger partial charge in [0.25, 0.3) is 5.56 Å². The summed E-state index contributed by atoms with van der Waals surface area (Å²) in [5, 5.41) is 12.7. The van der Waals surface area contributed by atoms with E-state index < -0.39 is 5.56 Å². The van der Waals surface area contributed by atoms with Gasteiger partial charge in [0.2, 0.25) is 5.91 Å². The molecule has 1 aromatic heterocycles. The average Bonchev–Trinajstić information content (AvgIpc) is 2.74. The fourth-order valence-corrected chi connectivity index (χ4v) is 3.48. The van der Waals surface area contributed by atoms with E-state index in [0.29, 0.717) is 40.7 Å². The minimum absolute atomic E-state index is 0.0911. The zero-order valence-corrected chi connectivity index (χ0v) is 18.0. The van der Waals surface area contributed by atoms with Crippen molar-refractivity contribution in [2.75, 3.05) is 5.32 Å². The Morgan fingerprint density at radius 2 is 1.87 bits per heavy atom. The first-order valence-corrected chi connectivity index (χ1v) is 10.2. The largest absolute Gasteiger partial charge is 0.489 e. The number of amides is 1. The Labute approximate surface area is 185 Å². The molecule has 0 saturated heterocycles. The lowest BCUT2D eigenvalue weighted by Gasteiger charge is -2.11. The van der Waals surface area contributed by atoms with Crippen LogP contribution in [0.1, 0.15) is 34.4 Å². The quantitative estimate of drug-likeness (QED) is 0.563. The number of nitriles is 1. The van der Waals surface area contributed by atoms with Gasteiger partial charge >= 0.3 is 0 Å². The van der Waals surface area contributed by atoms with Crippen LogP contribution in [0.3, 0.4) is 0 Å². The Kier molecular flexibility index (Phi) is 7.11. The van der Waals surface area contributed by atoms with Crippen molar-refractivity contribution in [3.63, 3.8) is 0 Å². The molecule has 1 heterocycles. The van der Waals surface area contributed by atoms with Crippen molar-refractivity contribution in [3.05, 3.63) is 91.9 Å². The fraction of sp³-hybridized carbons (Fsp3) is 0.208. The SMILES string of the molecule is Cc1[nH]c(=O)c(C#N)c(C)c1CCC(=O)Nc1ccc(OCc2ccccc2Cl)cc1. The number of pyridine rings is 1. The zero-order valence-electron chi connectivity index (χ0n) is 17.3. The molecule has 3 rings (SSSR count). The lowest BCUT2D eigenvalue weighted by atomic mass is 9.99. The number of carbonyl (C=O) groups is 1. The number of nitrogens with zero attached hydrogens (tertiary/aromatic N) is 1. The molecule has 158 valence electrons. The Balaban J connectivity index is 1.56. The summed E-state index contributed by atoms with van der Waals surface area (Å²) in [7, 11) is 0. The number of aromatic amines is 1. The molecule has 2 N–H and O–H groups in total. The van der Waals surface area contributed by atoms with Crippen molar-refractivity contribution >= 4 is 23.2 Å². The summed E-state index contributed by atoms with van der Waals surface area (Å²) in [6.07, 6.45) is 0.650. The monoisotopic (exact) mass is 435 g/mol. The number of aromatic nitrogens is 1. The van der Waals surface area contributed by atoms with Gasteiger partial charge in [0, 0.05) is 28.4 Å². The van der Waals surface area contributed by atoms with Crippen molar-refractivity contribution in [1.82, 2.24) is 4.98 Å². The third-order valence-electron chi connectivity index (χ3n) is 5.01. The number of benzene rings is 2. The van der Waals surface area contributed by atoms with Gasteiger partial charge in [-0.25, -0.2) is 0 Å². The summed E-state index contributed by atoms with van der Waals surface area (Å²) >= 11 is 6.13. The molecule has 31 heavy (non-hydrogen) atoms. The van der Waals surface area contributed by atoms with E-state index in [-0.39, 0.29) is 17.9 Å². The highest BCUT2D eigenvalue weighted by atomic mass is 35.5. The van der Waals surface area contributed by atoms with Gasteiger partial charge < -0.3 is 15.0 Å². The Morgan fingerprint density at radius 1 is 1.16 bits per heavy atom. The van der Waals surface area contributed by atoms with E-state index in [1.807, 2.05) is 30.3 Å². The Hall–Kier alpha value is -3.56. The number of carbonyl (C=O) groups excluding carboxylic acids is 1. The van der Waals surface area contributed by atoms with Gasteiger partial charge in [-0.3, -0.25) is 9.59 Å². The molecule has 0 radical (unpaired) electrons. The van der Waals surface area contributed by atoms with Crippen LogP contribution < -0.4 is 15.6 Å². The molecule has 0 atom stereocenters. The maximum atomic E-state index is 12.4. The fourth-order valence-electron chi connectivity index (χ4n) is 3.29. The molecule has 0 saturated carbocycles. The van der Waals surface area contributed by atoms with E-state index in [1.54, 1.807) is 38.1 Å². The molecule has 1 amide bonds. The van der Waals surface area contributed by atoms with Crippen LogP contribution in [0.15, 0.2) is 53.3 Å². The van der Waals surface area contributed by atoms with Gasteiger partial charge in [0.1, 0.15) is 24.0 Å². The Morgan fingerprint density at radius 3 is 2.55 bits per heavy atom. The summed E-state index contributed by atoms with van der Waals surface area (Å²) in [5.41, 5.74) is 3.35. The highest BCUT2D eigenvalue weighted by molar-refractivity contribution is 6.31. The number of anilines is 1. The first kappa shape index (κ1) is 22.1. The Bertz CT molecular complexity index is 1190. The summed E-state index contributed by atoms with van der Waals surface area (Å²) < 4.78 is 5.74. The van der Waals surface area contributed by atoms with Crippen LogP contribution in [0.2, 0.25) is 5.02 Å². The highest BCUT2D eigenvalue weighted by Gasteiger charge is 2.13. The lowest BCUT2D eigenvalue weighted by molar-refractivity contribution is -0.116. The number of hydrogen-bond acceptors (Lipinski definition) is 4. The maximum absolute atomic E-state index is 12.4. The molecule has 0 bridgehead atoms. The number of halogens is 1. The normalized spacial score (nSPS) is 10.4. The van der Waals surface area contributed by atoms with Gasteiger partial charge in [-0.1, -0.05) is 29.8 Å². The lowest BCUT2D eigenvalue weighted by Crippen LogP contribution is -2.18. The number of ether oxygens (including phenoxy) is 1. The summed E-state index contributed by atoms with van der Waals surface area (Å²) in [4.78, 5) is 26.9. The van der Waals surface area contributed by atoms with Gasteiger partial charge in [-0.2, -0.15) is 5.26 Å². The molecule has 0 aliphatic carbocycles. The topological polar surface area (TPSA) is 95.0 Å². The van der Waals surface area contributed by atoms with E-state index in [1.165, 1.54) is 0 Å². The third kappa shape index (κ3) is 5.53. The average molecular weight is 436 g/mol. The minimum Gasteiger partial charge on any atom is -0.489 e. The van der Waals surface area contributed by atoms with E-state index in [2.05, 4.69) is 10.3 Å². The molecule has 0 aliphatic heterocycles. The van der Waals surface area contributed by atoms with Crippen LogP contribution in [-0.2, 0) is 17.8 Å². The van der Waals surface area contributed by atoms with Crippen LogP contribution in [0, 0.1) is 25.2 Å². The van der Waals surface area contributed by atoms with Crippen LogP contribution in [0.4, 0.5) is 5.69 Å². The second kappa shape index (κ2) is 9.96. The van der Waals surface area contributed by atoms with E-state index in [0.717, 1.165) is 11.1 Å². The van der Waals surface area contributed by atoms with Crippen molar-refractivity contribution in [1.29, 1.82) is 5.26 Å². The van der Waals surface area contributed by atoms with Crippen LogP contribution in [0.25, 0.3) is 0 Å². The number of aryl methyl sites for hydroxylation is 1. The van der Waals surface area contributed by atoms with Crippen molar-refractivity contribution in [2.24, 2.45) is 0 Å². The standard InChI is InChI=1S/C24H22ClN3O3/c1-15-20(16(2)27-24(30)21(15)13-26)11-12-23(29)28-18-7-9-19(10-8-18)31-14-17-5-3-4-6-22(17)25/h3-10H,11-12,14H2,1-2H3,(H,27,30)(H,28,29). The summed E-state index contributed by atoms with van der Waals surface area (Å²) in [5.74, 6) is 0.509. The highest BCUT2D eigenvalue weighted by Crippen LogP contribution is 2.21. The van der Waals surface area contributed by atoms with Crippen molar-refractivity contribution in [3.8, 4) is 11.8 Å². The molecule has 0 spiro atoms. The van der Waals surface area contributed by atoms with Gasteiger partial charge in [0.05, 0.1) is 0 Å². The molecule has 0 unspecified atom stereocenters. The van der Waals surface area contributed by atoms with Crippen LogP contribution in [-0.4, -0.2) is 10.9 Å². The first-order chi connectivity index (χ1) is 14.9. The van der Waals surface area contributed by atoms with Gasteiger partial charge in [0.15, 0.2) is 0 Å². The predicted octanol–water partition coefficient (Wildman–Crippen LogP) is 4.67. The molecule has 2 aromatic carbocycles. The predicted molar refractivity (Wildman–Crippen MR) is 120 cm³/mol. The first-order valence-electron chi connectivity index (χ1n) is 9.77. The van der Waals surface area contributed by atoms with Crippen LogP contribution in [0.5, 0.6) is 5.75 Å². The number of rotatable bonds is 7. The molecule has 0 aliphatic rings. The second-order valence-corrected chi connectivity index (χ2v) is 7.53. The van der Waals surface area contributed by atoms with E-state index in [4.69, 9.17) is 21.6 Å².